The van der Waals surface area contributed by atoms with Gasteiger partial charge in [-0.25, -0.2) is 0 Å². The molecule has 0 spiro atoms. The quantitative estimate of drug-likeness (QED) is 0.131. The number of anilines is 3. The lowest BCUT2D eigenvalue weighted by Crippen LogP contribution is -2.10. The van der Waals surface area contributed by atoms with Gasteiger partial charge in [0.05, 0.1) is 11.2 Å². The summed E-state index contributed by atoms with van der Waals surface area (Å²) in [4.78, 5) is 2.32. The fourth-order valence-electron chi connectivity index (χ4n) is 7.03. The molecule has 0 atom stereocenters. The lowest BCUT2D eigenvalue weighted by molar-refractivity contribution is 1.13. The van der Waals surface area contributed by atoms with E-state index in [0.717, 1.165) is 33.9 Å². The smallest absolute Gasteiger partial charge is 0.0540 e. The zero-order valence-corrected chi connectivity index (χ0v) is 29.8. The molecule has 0 aliphatic rings. The topological polar surface area (TPSA) is 8.17 Å². The molecular weight excluding hydrogens is 641 g/mol. The molecule has 0 bridgehead atoms. The van der Waals surface area contributed by atoms with E-state index in [0.29, 0.717) is 0 Å². The van der Waals surface area contributed by atoms with Crippen LogP contribution in [0.5, 0.6) is 0 Å². The molecule has 0 aliphatic heterocycles. The highest BCUT2D eigenvalue weighted by Crippen LogP contribution is 2.38. The maximum atomic E-state index is 4.04. The fraction of sp³-hybridized carbons (Fsp3) is 0.0196. The van der Waals surface area contributed by atoms with Crippen LogP contribution in [0.15, 0.2) is 219 Å². The SMILES string of the molecule is C=C/C(=C\C=C/C)c1ccc(N(c2ccc(-c3ccccc3)cc2)c2ccc(-c3ccc(-n4c(-c5ccccc5)cc5ccccc54)cc3)cc2)cc1. The predicted molar refractivity (Wildman–Crippen MR) is 227 cm³/mol. The predicted octanol–water partition coefficient (Wildman–Crippen LogP) is 14.2. The summed E-state index contributed by atoms with van der Waals surface area (Å²) in [6.45, 7) is 6.06. The summed E-state index contributed by atoms with van der Waals surface area (Å²) >= 11 is 0. The lowest BCUT2D eigenvalue weighted by atomic mass is 10.0. The molecule has 0 aliphatic carbocycles. The average Bonchev–Trinajstić information content (AvgIpc) is 3.63. The number of nitrogens with zero attached hydrogens (tertiary/aromatic N) is 2. The Bertz CT molecular complexity index is 2520. The minimum absolute atomic E-state index is 1.08. The molecule has 0 unspecified atom stereocenters. The van der Waals surface area contributed by atoms with Gasteiger partial charge in [-0.2, -0.15) is 0 Å². The molecule has 2 heteroatoms. The second-order valence-corrected chi connectivity index (χ2v) is 13.0. The number of aromatic nitrogens is 1. The van der Waals surface area contributed by atoms with Crippen LogP contribution in [-0.4, -0.2) is 4.57 Å². The molecule has 0 amide bonds. The molecule has 0 saturated carbocycles. The molecule has 2 nitrogen and oxygen atoms in total. The van der Waals surface area contributed by atoms with Crippen LogP contribution in [0.2, 0.25) is 0 Å². The summed E-state index contributed by atoms with van der Waals surface area (Å²) in [6.07, 6.45) is 8.08. The third kappa shape index (κ3) is 6.91. The first-order valence-electron chi connectivity index (χ1n) is 18.1. The summed E-state index contributed by atoms with van der Waals surface area (Å²) in [5.41, 5.74) is 14.9. The van der Waals surface area contributed by atoms with E-state index < -0.39 is 0 Å². The number of para-hydroxylation sites is 1. The van der Waals surface area contributed by atoms with Crippen LogP contribution >= 0.6 is 0 Å². The summed E-state index contributed by atoms with van der Waals surface area (Å²) in [5, 5.41) is 1.23. The van der Waals surface area contributed by atoms with Crippen LogP contribution in [0, 0.1) is 0 Å². The highest BCUT2D eigenvalue weighted by molar-refractivity contribution is 5.89. The van der Waals surface area contributed by atoms with Gasteiger partial charge in [0.2, 0.25) is 0 Å². The molecule has 254 valence electrons. The number of benzene rings is 7. The van der Waals surface area contributed by atoms with Crippen molar-refractivity contribution in [3.8, 4) is 39.2 Å². The molecule has 0 saturated heterocycles. The Kier molecular flexibility index (Phi) is 9.50. The Morgan fingerprint density at radius 2 is 0.981 bits per heavy atom. The van der Waals surface area contributed by atoms with Crippen molar-refractivity contribution in [1.82, 2.24) is 4.57 Å². The minimum Gasteiger partial charge on any atom is -0.311 e. The maximum absolute atomic E-state index is 4.04. The van der Waals surface area contributed by atoms with E-state index in [1.165, 1.54) is 44.4 Å². The molecule has 1 heterocycles. The third-order valence-corrected chi connectivity index (χ3v) is 9.74. The van der Waals surface area contributed by atoms with Gasteiger partial charge >= 0.3 is 0 Å². The molecule has 1 aromatic heterocycles. The van der Waals surface area contributed by atoms with E-state index in [2.05, 4.69) is 210 Å². The van der Waals surface area contributed by atoms with Crippen molar-refractivity contribution in [2.24, 2.45) is 0 Å². The fourth-order valence-corrected chi connectivity index (χ4v) is 7.03. The van der Waals surface area contributed by atoms with Crippen molar-refractivity contribution in [2.45, 2.75) is 6.92 Å². The summed E-state index contributed by atoms with van der Waals surface area (Å²) in [7, 11) is 0. The number of allylic oxidation sites excluding steroid dienone is 5. The van der Waals surface area contributed by atoms with Gasteiger partial charge in [-0.05, 0) is 107 Å². The highest BCUT2D eigenvalue weighted by atomic mass is 15.1. The molecule has 8 rings (SSSR count). The van der Waals surface area contributed by atoms with E-state index in [1.54, 1.807) is 0 Å². The van der Waals surface area contributed by atoms with E-state index >= 15 is 0 Å². The van der Waals surface area contributed by atoms with Crippen LogP contribution in [-0.2, 0) is 0 Å². The van der Waals surface area contributed by atoms with E-state index in [-0.39, 0.29) is 0 Å². The van der Waals surface area contributed by atoms with Crippen LogP contribution < -0.4 is 4.90 Å². The van der Waals surface area contributed by atoms with Gasteiger partial charge in [-0.3, -0.25) is 0 Å². The first-order chi connectivity index (χ1) is 26.2. The minimum atomic E-state index is 1.08. The average molecular weight is 681 g/mol. The van der Waals surface area contributed by atoms with Crippen molar-refractivity contribution in [2.75, 3.05) is 4.90 Å². The van der Waals surface area contributed by atoms with Crippen molar-refractivity contribution in [3.63, 3.8) is 0 Å². The zero-order chi connectivity index (χ0) is 36.0. The van der Waals surface area contributed by atoms with Crippen LogP contribution in [0.1, 0.15) is 12.5 Å². The lowest BCUT2D eigenvalue weighted by Gasteiger charge is -2.26. The van der Waals surface area contributed by atoms with Crippen molar-refractivity contribution in [3.05, 3.63) is 225 Å². The number of rotatable bonds is 10. The Morgan fingerprint density at radius 3 is 1.53 bits per heavy atom. The van der Waals surface area contributed by atoms with Gasteiger partial charge in [0.15, 0.2) is 0 Å². The van der Waals surface area contributed by atoms with Crippen LogP contribution in [0.3, 0.4) is 0 Å². The summed E-state index contributed by atoms with van der Waals surface area (Å²) in [6, 6.07) is 67.4. The van der Waals surface area contributed by atoms with Gasteiger partial charge in [0, 0.05) is 28.1 Å². The monoisotopic (exact) mass is 680 g/mol. The molecule has 0 N–H and O–H groups in total. The van der Waals surface area contributed by atoms with E-state index in [4.69, 9.17) is 0 Å². The maximum Gasteiger partial charge on any atom is 0.0540 e. The van der Waals surface area contributed by atoms with Gasteiger partial charge < -0.3 is 9.47 Å². The van der Waals surface area contributed by atoms with Crippen molar-refractivity contribution < 1.29 is 0 Å². The van der Waals surface area contributed by atoms with Crippen LogP contribution in [0.25, 0.3) is 55.7 Å². The van der Waals surface area contributed by atoms with Gasteiger partial charge in [-0.1, -0.05) is 158 Å². The Balaban J connectivity index is 1.13. The first-order valence-corrected chi connectivity index (χ1v) is 18.1. The zero-order valence-electron chi connectivity index (χ0n) is 29.8. The second kappa shape index (κ2) is 15.1. The van der Waals surface area contributed by atoms with E-state index in [9.17, 15) is 0 Å². The van der Waals surface area contributed by atoms with Gasteiger partial charge in [0.1, 0.15) is 0 Å². The number of fused-ring (bicyclic) bond motifs is 1. The molecule has 8 aromatic rings. The summed E-state index contributed by atoms with van der Waals surface area (Å²) in [5.74, 6) is 0. The largest absolute Gasteiger partial charge is 0.311 e. The van der Waals surface area contributed by atoms with Crippen LogP contribution in [0.4, 0.5) is 17.1 Å². The third-order valence-electron chi connectivity index (χ3n) is 9.74. The molecular formula is C51H40N2. The van der Waals surface area contributed by atoms with Crippen molar-refractivity contribution >= 4 is 33.5 Å². The number of hydrogen-bond donors (Lipinski definition) is 0. The Morgan fingerprint density at radius 1 is 0.509 bits per heavy atom. The highest BCUT2D eigenvalue weighted by Gasteiger charge is 2.15. The van der Waals surface area contributed by atoms with Gasteiger partial charge in [0.25, 0.3) is 0 Å². The standard InChI is InChI=1S/C51H40N2/c1-3-5-14-38(4-2)40-21-29-46(30-22-40)52(47-31-23-41(24-32-47)39-15-8-6-9-16-39)48-33-25-42(26-34-48)43-27-35-49(36-28-43)53-50-20-13-12-19-45(50)37-51(53)44-17-10-7-11-18-44/h3-37H,2H2,1H3/b5-3-,38-14+. The van der Waals surface area contributed by atoms with E-state index in [1.807, 2.05) is 25.2 Å². The normalized spacial score (nSPS) is 11.6. The second-order valence-electron chi connectivity index (χ2n) is 13.0. The Hall–Kier alpha value is -6.90. The van der Waals surface area contributed by atoms with Crippen molar-refractivity contribution in [1.29, 1.82) is 0 Å². The summed E-state index contributed by atoms with van der Waals surface area (Å²) < 4.78 is 2.36. The molecule has 0 fully saturated rings. The molecule has 0 radical (unpaired) electrons. The van der Waals surface area contributed by atoms with Gasteiger partial charge in [-0.15, -0.1) is 0 Å². The molecule has 7 aromatic carbocycles. The number of hydrogen-bond acceptors (Lipinski definition) is 1. The first kappa shape index (κ1) is 33.3. The Labute approximate surface area is 312 Å². The molecule has 53 heavy (non-hydrogen) atoms.